The van der Waals surface area contributed by atoms with Crippen molar-refractivity contribution in [3.63, 3.8) is 0 Å². The largest absolute Gasteiger partial charge is 0.396 e. The molecular weight excluding hydrogens is 1350 g/mol. The highest BCUT2D eigenvalue weighted by atomic mass is 32.1. The Kier molecular flexibility index (Phi) is 16.9. The van der Waals surface area contributed by atoms with Crippen LogP contribution in [0.2, 0.25) is 0 Å². The van der Waals surface area contributed by atoms with Crippen LogP contribution in [0.3, 0.4) is 0 Å². The molecule has 0 saturated carbocycles. The number of hydrogen-bond acceptors (Lipinski definition) is 17. The molecule has 5 aromatic carbocycles. The third-order valence-electron chi connectivity index (χ3n) is 20.9. The molecule has 0 atom stereocenters. The summed E-state index contributed by atoms with van der Waals surface area (Å²) in [6, 6.07) is 50.2. The van der Waals surface area contributed by atoms with E-state index in [-0.39, 0.29) is 29.5 Å². The molecule has 14 aromatic rings. The number of unbranched alkanes of at least 4 members (excludes halogenated alkanes) is 10. The van der Waals surface area contributed by atoms with Crippen LogP contribution in [0.25, 0.3) is 115 Å². The van der Waals surface area contributed by atoms with Crippen LogP contribution in [-0.4, -0.2) is 49.7 Å². The Morgan fingerprint density at radius 3 is 1.15 bits per heavy atom. The maximum atomic E-state index is 9.60. The summed E-state index contributed by atoms with van der Waals surface area (Å²) in [4.78, 5) is 16.3. The van der Waals surface area contributed by atoms with E-state index in [1.54, 1.807) is 0 Å². The smallest absolute Gasteiger partial charge is 0.114 e. The first-order valence-corrected chi connectivity index (χ1v) is 41.0. The van der Waals surface area contributed by atoms with Crippen LogP contribution in [0.4, 0.5) is 0 Å². The van der Waals surface area contributed by atoms with Gasteiger partial charge in [-0.1, -0.05) is 189 Å². The molecule has 0 fully saturated rings. The van der Waals surface area contributed by atoms with E-state index in [4.69, 9.17) is 26.2 Å². The molecule has 17 rings (SSSR count). The van der Waals surface area contributed by atoms with E-state index in [0.29, 0.717) is 0 Å². The van der Waals surface area contributed by atoms with Crippen LogP contribution in [-0.2, 0) is 29.1 Å². The van der Waals surface area contributed by atoms with Gasteiger partial charge in [0.25, 0.3) is 0 Å². The summed E-state index contributed by atoms with van der Waals surface area (Å²) < 4.78 is 30.1. The maximum absolute atomic E-state index is 9.60. The number of rotatable bonds is 25. The molecule has 0 amide bonds. The Morgan fingerprint density at radius 1 is 0.312 bits per heavy atom. The van der Waals surface area contributed by atoms with E-state index in [2.05, 4.69) is 161 Å². The quantitative estimate of drug-likeness (QED) is 0.0544. The Bertz CT molecular complexity index is 5200. The zero-order chi connectivity index (χ0) is 64.9. The second-order valence-electron chi connectivity index (χ2n) is 27.5. The first-order valence-electron chi connectivity index (χ1n) is 33.9. The lowest BCUT2D eigenvalue weighted by Crippen LogP contribution is -2.25. The van der Waals surface area contributed by atoms with Crippen LogP contribution in [0.5, 0.6) is 0 Å². The fraction of sp³-hybridized carbons (Fsp3) is 0.316. The number of nitrogens with zero attached hydrogens (tertiary/aromatic N) is 6. The zero-order valence-electron chi connectivity index (χ0n) is 54.2. The monoisotopic (exact) mass is 1420 g/mol. The highest BCUT2D eigenvalue weighted by molar-refractivity contribution is 7.26. The molecule has 9 heterocycles. The number of benzene rings is 5. The van der Waals surface area contributed by atoms with E-state index in [1.165, 1.54) is 181 Å². The maximum Gasteiger partial charge on any atom is 0.114 e. The van der Waals surface area contributed by atoms with Crippen molar-refractivity contribution in [1.29, 1.82) is 0 Å². The molecule has 9 aromatic heterocycles. The van der Waals surface area contributed by atoms with Crippen molar-refractivity contribution in [2.24, 2.45) is 0 Å². The third-order valence-corrected chi connectivity index (χ3v) is 30.0. The molecule has 0 aliphatic heterocycles. The molecular formula is C79H72N6O2S9. The van der Waals surface area contributed by atoms with E-state index in [0.717, 1.165) is 127 Å². The van der Waals surface area contributed by atoms with Gasteiger partial charge < -0.3 is 10.2 Å². The number of aliphatic hydroxyl groups excluding tert-OH is 2. The summed E-state index contributed by atoms with van der Waals surface area (Å²) in [7, 11) is 0. The predicted molar refractivity (Wildman–Crippen MR) is 412 cm³/mol. The van der Waals surface area contributed by atoms with Crippen LogP contribution >= 0.6 is 103 Å². The molecule has 0 spiro atoms. The first-order chi connectivity index (χ1) is 47.0. The van der Waals surface area contributed by atoms with Gasteiger partial charge in [0.05, 0.1) is 35.2 Å². The topological polar surface area (TPSA) is 118 Å². The fourth-order valence-electron chi connectivity index (χ4n) is 15.7. The van der Waals surface area contributed by atoms with E-state index in [1.807, 2.05) is 68.0 Å². The molecule has 484 valence electrons. The summed E-state index contributed by atoms with van der Waals surface area (Å²) in [6.45, 7) is 10.1. The molecule has 3 aliphatic rings. The first kappa shape index (κ1) is 63.1. The van der Waals surface area contributed by atoms with Crippen LogP contribution in [0.15, 0.2) is 133 Å². The van der Waals surface area contributed by atoms with Gasteiger partial charge in [-0.3, -0.25) is 0 Å². The number of fused-ring (bicyclic) bond motifs is 12. The van der Waals surface area contributed by atoms with Crippen molar-refractivity contribution < 1.29 is 10.2 Å². The summed E-state index contributed by atoms with van der Waals surface area (Å²) in [5.74, 6) is 0. The van der Waals surface area contributed by atoms with E-state index >= 15 is 0 Å². The standard InChI is InChI=1S/C79H72N6O2S9/c1-77(2)55-39-49(88-71(55)72-57(77)42-63(91-72)54-32-31-51(45-23-15-13-16-24-45)67-70(54)85-96-82-67)37-47-28-30-53(69-65(47)80-95-84-69)64-44-60-76(93-64)75-59(79(60,33-19-9-5-7-11-21-35-86)34-20-10-6-8-12-22-36-87)40-50(89-75)38-48-27-29-52(68-66(48)81-94-83-68)62-43-58-74(92-62)73-56(78(58,3)4)41-61(90-73)46-25-17-14-18-26-46/h13-18,23-32,39-44,86-87H,5-12,19-22,33-38H2,1-4H3. The van der Waals surface area contributed by atoms with E-state index < -0.39 is 0 Å². The van der Waals surface area contributed by atoms with Crippen molar-refractivity contribution in [1.82, 2.24) is 26.2 Å². The molecule has 96 heavy (non-hydrogen) atoms. The highest BCUT2D eigenvalue weighted by Gasteiger charge is 2.46. The number of thiophene rings is 6. The summed E-state index contributed by atoms with van der Waals surface area (Å²) in [6.07, 6.45) is 17.2. The summed E-state index contributed by atoms with van der Waals surface area (Å²) >= 11 is 15.6. The molecule has 17 heteroatoms. The van der Waals surface area contributed by atoms with Crippen LogP contribution in [0, 0.1) is 0 Å². The molecule has 2 N–H and O–H groups in total. The van der Waals surface area contributed by atoms with Crippen molar-refractivity contribution in [2.75, 3.05) is 13.2 Å². The second-order valence-corrected chi connectivity index (χ2v) is 35.6. The molecule has 8 nitrogen and oxygen atoms in total. The number of hydrogen-bond donors (Lipinski definition) is 2. The molecule has 3 aliphatic carbocycles. The van der Waals surface area contributed by atoms with Crippen LogP contribution in [0.1, 0.15) is 172 Å². The summed E-state index contributed by atoms with van der Waals surface area (Å²) in [5, 5.41) is 19.2. The minimum absolute atomic E-state index is 0.0872. The van der Waals surface area contributed by atoms with Gasteiger partial charge in [-0.25, -0.2) is 0 Å². The predicted octanol–water partition coefficient (Wildman–Crippen LogP) is 23.9. The Labute approximate surface area is 597 Å². The molecule has 0 radical (unpaired) electrons. The van der Waals surface area contributed by atoms with Gasteiger partial charge in [-0.15, -0.1) is 68.0 Å². The van der Waals surface area contributed by atoms with Gasteiger partial charge in [0, 0.05) is 123 Å². The number of aromatic nitrogens is 6. The zero-order valence-corrected chi connectivity index (χ0v) is 61.5. The summed E-state index contributed by atoms with van der Waals surface area (Å²) in [5.41, 5.74) is 23.9. The van der Waals surface area contributed by atoms with Gasteiger partial charge in [0.15, 0.2) is 0 Å². The second kappa shape index (κ2) is 25.8. The average Bonchev–Trinajstić information content (AvgIpc) is 1.57. The van der Waals surface area contributed by atoms with Gasteiger partial charge in [0.1, 0.15) is 33.1 Å². The van der Waals surface area contributed by atoms with Crippen molar-refractivity contribution in [3.8, 4) is 82.2 Å². The Morgan fingerprint density at radius 2 is 0.646 bits per heavy atom. The normalized spacial score (nSPS) is 14.5. The van der Waals surface area contributed by atoms with Crippen molar-refractivity contribution in [2.45, 2.75) is 147 Å². The molecule has 0 unspecified atom stereocenters. The van der Waals surface area contributed by atoms with Gasteiger partial charge in [-0.05, 0) is 118 Å². The number of aliphatic hydroxyl groups is 2. The lowest BCUT2D eigenvalue weighted by molar-refractivity contribution is 0.282. The molecule has 0 saturated heterocycles. The van der Waals surface area contributed by atoms with Gasteiger partial charge in [0.2, 0.25) is 0 Å². The van der Waals surface area contributed by atoms with Gasteiger partial charge in [-0.2, -0.15) is 26.2 Å². The highest BCUT2D eigenvalue weighted by Crippen LogP contribution is 2.63. The lowest BCUT2D eigenvalue weighted by atomic mass is 9.71. The van der Waals surface area contributed by atoms with Gasteiger partial charge >= 0.3 is 0 Å². The fourth-order valence-corrected chi connectivity index (χ4v) is 25.9. The Hall–Kier alpha value is -6.32. The van der Waals surface area contributed by atoms with E-state index in [9.17, 15) is 10.2 Å². The Balaban J connectivity index is 0.687. The van der Waals surface area contributed by atoms with Crippen molar-refractivity contribution >= 4 is 136 Å². The molecule has 0 bridgehead atoms. The lowest BCUT2D eigenvalue weighted by Gasteiger charge is -2.31. The minimum Gasteiger partial charge on any atom is -0.396 e. The SMILES string of the molecule is CC1(C)c2cc(-c3ccccc3)sc2-c2sc(-c3ccc(Cc4cc5c(s4)-c4sc(-c6ccc(Cc7cc8c(s7)-c7sc(-c9ccc(-c%10ccccc%10)c%10nsnc9%10)cc7C8(C)C)c7nsnc67)cc4C5(CCCCCCCCO)CCCCCCCCO)c4nsnc34)cc21. The third kappa shape index (κ3) is 10.8. The average molecular weight is 1430 g/mol. The minimum atomic E-state index is -0.137. The van der Waals surface area contributed by atoms with Crippen LogP contribution < -0.4 is 0 Å². The van der Waals surface area contributed by atoms with Crippen molar-refractivity contribution in [3.05, 3.63) is 188 Å².